The van der Waals surface area contributed by atoms with Crippen LogP contribution in [0, 0.1) is 0 Å². The van der Waals surface area contributed by atoms with Crippen LogP contribution in [0.2, 0.25) is 0 Å². The molecule has 1 unspecified atom stereocenters. The summed E-state index contributed by atoms with van der Waals surface area (Å²) in [7, 11) is 0. The molecular weight excluding hydrogens is 232 g/mol. The second-order valence-electron chi connectivity index (χ2n) is 5.54. The zero-order chi connectivity index (χ0) is 12.9. The Morgan fingerprint density at radius 3 is 2.47 bits per heavy atom. The number of carbonyl (C=O) groups is 1. The highest BCUT2D eigenvalue weighted by Gasteiger charge is 2.23. The van der Waals surface area contributed by atoms with Gasteiger partial charge in [0.05, 0.1) is 0 Å². The zero-order valence-corrected chi connectivity index (χ0v) is 11.8. The van der Waals surface area contributed by atoms with Crippen LogP contribution in [-0.2, 0) is 0 Å². The molecule has 3 N–H and O–H groups in total. The average Bonchev–Trinajstić information content (AvgIpc) is 2.15. The third-order valence-electron chi connectivity index (χ3n) is 2.70. The molecule has 0 aromatic carbocycles. The molecule has 0 spiro atoms. The third kappa shape index (κ3) is 6.13. The summed E-state index contributed by atoms with van der Waals surface area (Å²) in [6, 6.07) is 0.187. The Morgan fingerprint density at radius 1 is 1.29 bits per heavy atom. The van der Waals surface area contributed by atoms with Crippen LogP contribution >= 0.6 is 11.8 Å². The van der Waals surface area contributed by atoms with Gasteiger partial charge in [0, 0.05) is 16.8 Å². The fraction of sp³-hybridized carbons (Fsp3) is 0.769. The van der Waals surface area contributed by atoms with Crippen molar-refractivity contribution in [1.82, 2.24) is 5.32 Å². The second-order valence-corrected chi connectivity index (χ2v) is 7.34. The van der Waals surface area contributed by atoms with Gasteiger partial charge in [0.1, 0.15) is 0 Å². The van der Waals surface area contributed by atoms with Crippen molar-refractivity contribution in [3.05, 3.63) is 12.2 Å². The zero-order valence-electron chi connectivity index (χ0n) is 11.0. The first-order valence-electron chi connectivity index (χ1n) is 6.28. The SMILES string of the molecule is CC(C)(C)SC(=O)N[C@@H]1CC/C=C/CCC1N. The van der Waals surface area contributed by atoms with Crippen LogP contribution in [0.15, 0.2) is 12.2 Å². The van der Waals surface area contributed by atoms with Crippen molar-refractivity contribution in [2.45, 2.75) is 63.3 Å². The van der Waals surface area contributed by atoms with Gasteiger partial charge in [-0.1, -0.05) is 44.7 Å². The molecule has 1 aliphatic carbocycles. The summed E-state index contributed by atoms with van der Waals surface area (Å²) in [4.78, 5) is 11.8. The molecule has 17 heavy (non-hydrogen) atoms. The number of nitrogens with one attached hydrogen (secondary N) is 1. The van der Waals surface area contributed by atoms with Crippen LogP contribution in [0.3, 0.4) is 0 Å². The lowest BCUT2D eigenvalue weighted by Gasteiger charge is -2.27. The summed E-state index contributed by atoms with van der Waals surface area (Å²) < 4.78 is -0.0459. The summed E-state index contributed by atoms with van der Waals surface area (Å²) >= 11 is 1.34. The van der Waals surface area contributed by atoms with Gasteiger partial charge in [0.15, 0.2) is 0 Å². The fourth-order valence-electron chi connectivity index (χ4n) is 1.85. The molecule has 0 aromatic rings. The molecule has 0 fully saturated rings. The smallest absolute Gasteiger partial charge is 0.279 e. The maximum atomic E-state index is 11.8. The van der Waals surface area contributed by atoms with Crippen molar-refractivity contribution in [1.29, 1.82) is 0 Å². The monoisotopic (exact) mass is 256 g/mol. The predicted octanol–water partition coefficient (Wildman–Crippen LogP) is 3.05. The van der Waals surface area contributed by atoms with Gasteiger partial charge in [-0.05, 0) is 25.7 Å². The van der Waals surface area contributed by atoms with Gasteiger partial charge in [0.2, 0.25) is 0 Å². The van der Waals surface area contributed by atoms with Crippen LogP contribution in [-0.4, -0.2) is 22.1 Å². The molecule has 3 nitrogen and oxygen atoms in total. The lowest BCUT2D eigenvalue weighted by molar-refractivity contribution is 0.253. The van der Waals surface area contributed by atoms with Crippen LogP contribution in [0.25, 0.3) is 0 Å². The first-order valence-corrected chi connectivity index (χ1v) is 7.10. The quantitative estimate of drug-likeness (QED) is 0.709. The van der Waals surface area contributed by atoms with Crippen molar-refractivity contribution < 1.29 is 4.79 Å². The maximum absolute atomic E-state index is 11.8. The molecule has 1 amide bonds. The number of hydrogen-bond acceptors (Lipinski definition) is 3. The van der Waals surface area contributed by atoms with E-state index in [1.165, 1.54) is 11.8 Å². The Morgan fingerprint density at radius 2 is 1.88 bits per heavy atom. The van der Waals surface area contributed by atoms with Gasteiger partial charge in [-0.15, -0.1) is 0 Å². The average molecular weight is 256 g/mol. The third-order valence-corrected chi connectivity index (χ3v) is 3.61. The van der Waals surface area contributed by atoms with E-state index >= 15 is 0 Å². The highest BCUT2D eigenvalue weighted by molar-refractivity contribution is 8.14. The number of hydrogen-bond donors (Lipinski definition) is 2. The minimum absolute atomic E-state index is 0.0440. The van der Waals surface area contributed by atoms with E-state index in [0.717, 1.165) is 25.7 Å². The molecule has 0 bridgehead atoms. The normalized spacial score (nSPS) is 28.0. The molecule has 0 saturated heterocycles. The van der Waals surface area contributed by atoms with E-state index in [2.05, 4.69) is 17.5 Å². The second kappa shape index (κ2) is 6.45. The van der Waals surface area contributed by atoms with E-state index in [4.69, 9.17) is 5.73 Å². The van der Waals surface area contributed by atoms with Crippen LogP contribution in [0.4, 0.5) is 4.79 Å². The number of allylic oxidation sites excluding steroid dienone is 2. The van der Waals surface area contributed by atoms with Gasteiger partial charge >= 0.3 is 0 Å². The minimum atomic E-state index is -0.0459. The predicted molar refractivity (Wildman–Crippen MR) is 75.2 cm³/mol. The van der Waals surface area contributed by atoms with Gasteiger partial charge in [-0.3, -0.25) is 4.79 Å². The highest BCUT2D eigenvalue weighted by atomic mass is 32.2. The molecule has 0 radical (unpaired) electrons. The van der Waals surface area contributed by atoms with E-state index in [0.29, 0.717) is 0 Å². The maximum Gasteiger partial charge on any atom is 0.279 e. The Kier molecular flexibility index (Phi) is 5.53. The lowest BCUT2D eigenvalue weighted by Crippen LogP contribution is -2.47. The Bertz CT molecular complexity index is 284. The highest BCUT2D eigenvalue weighted by Crippen LogP contribution is 2.24. The molecular formula is C13H24N2OS. The molecule has 0 aromatic heterocycles. The lowest BCUT2D eigenvalue weighted by atomic mass is 9.96. The van der Waals surface area contributed by atoms with Crippen molar-refractivity contribution in [3.8, 4) is 0 Å². The van der Waals surface area contributed by atoms with Gasteiger partial charge in [-0.2, -0.15) is 0 Å². The van der Waals surface area contributed by atoms with Gasteiger partial charge in [-0.25, -0.2) is 0 Å². The summed E-state index contributed by atoms with van der Waals surface area (Å²) in [5, 5.41) is 3.10. The molecule has 2 atom stereocenters. The Balaban J connectivity index is 2.47. The standard InChI is InChI=1S/C13H24N2OS/c1-13(2,3)17-12(16)15-11-9-7-5-4-6-8-10(11)14/h4-5,10-11H,6-9,14H2,1-3H3,(H,15,16)/b5-4+/t10?,11-/m1/s1. The van der Waals surface area contributed by atoms with Gasteiger partial charge in [0.25, 0.3) is 5.24 Å². The van der Waals surface area contributed by atoms with E-state index in [9.17, 15) is 4.79 Å². The first kappa shape index (κ1) is 14.6. The topological polar surface area (TPSA) is 55.1 Å². The Labute approximate surface area is 109 Å². The van der Waals surface area contributed by atoms with Crippen molar-refractivity contribution in [2.75, 3.05) is 0 Å². The largest absolute Gasteiger partial charge is 0.343 e. The van der Waals surface area contributed by atoms with E-state index in [1.807, 2.05) is 20.8 Å². The molecule has 0 aliphatic heterocycles. The van der Waals surface area contributed by atoms with Crippen LogP contribution < -0.4 is 11.1 Å². The summed E-state index contributed by atoms with van der Waals surface area (Å²) in [6.07, 6.45) is 8.26. The summed E-state index contributed by atoms with van der Waals surface area (Å²) in [6.45, 7) is 6.12. The number of carbonyl (C=O) groups excluding carboxylic acids is 1. The van der Waals surface area contributed by atoms with Crippen molar-refractivity contribution in [2.24, 2.45) is 5.73 Å². The van der Waals surface area contributed by atoms with Gasteiger partial charge < -0.3 is 11.1 Å². The minimum Gasteiger partial charge on any atom is -0.343 e. The number of nitrogens with two attached hydrogens (primary N) is 1. The first-order chi connectivity index (χ1) is 7.88. The molecule has 1 aliphatic rings. The molecule has 98 valence electrons. The fourth-order valence-corrected chi connectivity index (χ4v) is 2.62. The van der Waals surface area contributed by atoms with Crippen LogP contribution in [0.5, 0.6) is 0 Å². The molecule has 4 heteroatoms. The summed E-state index contributed by atoms with van der Waals surface area (Å²) in [5.41, 5.74) is 6.10. The molecule has 0 saturated carbocycles. The van der Waals surface area contributed by atoms with Crippen molar-refractivity contribution >= 4 is 17.0 Å². The summed E-state index contributed by atoms with van der Waals surface area (Å²) in [5.74, 6) is 0. The number of thioether (sulfide) groups is 1. The van der Waals surface area contributed by atoms with E-state index in [1.54, 1.807) is 0 Å². The van der Waals surface area contributed by atoms with E-state index in [-0.39, 0.29) is 22.1 Å². The number of amides is 1. The molecule has 0 heterocycles. The van der Waals surface area contributed by atoms with E-state index < -0.39 is 0 Å². The molecule has 1 rings (SSSR count). The number of rotatable bonds is 1. The van der Waals surface area contributed by atoms with Crippen molar-refractivity contribution in [3.63, 3.8) is 0 Å². The Hall–Kier alpha value is -0.480. The van der Waals surface area contributed by atoms with Crippen LogP contribution in [0.1, 0.15) is 46.5 Å².